The van der Waals surface area contributed by atoms with E-state index in [1.54, 1.807) is 0 Å². The summed E-state index contributed by atoms with van der Waals surface area (Å²) in [6.45, 7) is 22.5. The van der Waals surface area contributed by atoms with Crippen molar-refractivity contribution in [1.29, 1.82) is 0 Å². The van der Waals surface area contributed by atoms with Gasteiger partial charge in [-0.15, -0.1) is 0 Å². The van der Waals surface area contributed by atoms with E-state index in [-0.39, 0.29) is 22.3 Å². The molecule has 0 radical (unpaired) electrons. The molecule has 4 unspecified atom stereocenters. The second-order valence-electron chi connectivity index (χ2n) is 16.8. The Kier molecular flexibility index (Phi) is 7.16. The molecule has 6 nitrogen and oxygen atoms in total. The monoisotopic (exact) mass is 582 g/mol. The molecule has 4 aliphatic rings. The first-order valence-corrected chi connectivity index (χ1v) is 17.3. The maximum atomic E-state index is 12.5. The number of allylic oxidation sites excluding steroid dienone is 2. The van der Waals surface area contributed by atoms with Gasteiger partial charge < -0.3 is 23.6 Å². The Bertz CT molecular complexity index is 1210. The minimum atomic E-state index is -2.68. The van der Waals surface area contributed by atoms with Crippen molar-refractivity contribution in [2.24, 2.45) is 10.4 Å². The first-order chi connectivity index (χ1) is 18.6. The zero-order valence-electron chi connectivity index (χ0n) is 27.6. The van der Waals surface area contributed by atoms with Crippen molar-refractivity contribution in [3.63, 3.8) is 0 Å². The quantitative estimate of drug-likeness (QED) is 0.222. The highest BCUT2D eigenvalue weighted by Crippen LogP contribution is 2.65. The Hall–Kier alpha value is -1.51. The lowest BCUT2D eigenvalue weighted by Gasteiger charge is -2.51. The highest BCUT2D eigenvalue weighted by molar-refractivity contribution is 6.74. The van der Waals surface area contributed by atoms with Gasteiger partial charge in [-0.3, -0.25) is 0 Å². The molecule has 0 aromatic heterocycles. The van der Waals surface area contributed by atoms with E-state index in [4.69, 9.17) is 18.6 Å². The summed E-state index contributed by atoms with van der Waals surface area (Å²) in [6.07, 6.45) is 7.94. The van der Waals surface area contributed by atoms with Crippen molar-refractivity contribution >= 4 is 26.2 Å². The number of nitrogens with zero attached hydrogens (tertiary/aromatic N) is 2. The topological polar surface area (TPSA) is 63.5 Å². The molecule has 0 spiro atoms. The lowest BCUT2D eigenvalue weighted by atomic mass is 9.74. The molecule has 3 saturated heterocycles. The van der Waals surface area contributed by atoms with Crippen LogP contribution in [0.4, 0.5) is 5.69 Å². The molecule has 3 heterocycles. The SMILES string of the molecule is CN(C)C=Nc1ccc(C2(O)CC3(C)OC(C)(C2)C2O[Si](C(C)(C)C)(C(C)(C)C)OC23)cc1C1=CCC(C)(C)CC1. The molecule has 0 saturated carbocycles. The molecule has 3 aliphatic heterocycles. The van der Waals surface area contributed by atoms with Crippen LogP contribution in [0.1, 0.15) is 112 Å². The smallest absolute Gasteiger partial charge is 0.350 e. The van der Waals surface area contributed by atoms with Crippen LogP contribution < -0.4 is 0 Å². The molecule has 4 atom stereocenters. The van der Waals surface area contributed by atoms with Crippen LogP contribution in [0.2, 0.25) is 10.1 Å². The third kappa shape index (κ3) is 5.07. The summed E-state index contributed by atoms with van der Waals surface area (Å²) in [5.74, 6) is 0. The van der Waals surface area contributed by atoms with Crippen molar-refractivity contribution in [3.8, 4) is 0 Å². The van der Waals surface area contributed by atoms with Crippen LogP contribution in [0, 0.1) is 5.41 Å². The zero-order valence-corrected chi connectivity index (χ0v) is 28.6. The number of rotatable bonds is 4. The highest BCUT2D eigenvalue weighted by atomic mass is 28.4. The summed E-state index contributed by atoms with van der Waals surface area (Å²) in [6, 6.07) is 6.35. The minimum Gasteiger partial charge on any atom is -0.385 e. The van der Waals surface area contributed by atoms with E-state index in [1.807, 2.05) is 25.3 Å². The minimum absolute atomic E-state index is 0.104. The van der Waals surface area contributed by atoms with Gasteiger partial charge in [-0.1, -0.05) is 67.5 Å². The number of benzene rings is 1. The molecule has 0 amide bonds. The fraction of sp³-hybridized carbons (Fsp3) is 0.735. The second kappa shape index (κ2) is 9.49. The van der Waals surface area contributed by atoms with Crippen molar-refractivity contribution in [1.82, 2.24) is 4.90 Å². The summed E-state index contributed by atoms with van der Waals surface area (Å²) in [5.41, 5.74) is 2.24. The normalized spacial score (nSPS) is 36.4. The van der Waals surface area contributed by atoms with Crippen LogP contribution in [0.3, 0.4) is 0 Å². The van der Waals surface area contributed by atoms with Crippen LogP contribution in [0.15, 0.2) is 29.3 Å². The van der Waals surface area contributed by atoms with Crippen LogP contribution in [0.5, 0.6) is 0 Å². The van der Waals surface area contributed by atoms with Gasteiger partial charge in [0.1, 0.15) is 12.2 Å². The Labute approximate surface area is 249 Å². The lowest BCUT2D eigenvalue weighted by molar-refractivity contribution is -0.220. The van der Waals surface area contributed by atoms with Crippen molar-refractivity contribution in [3.05, 3.63) is 35.4 Å². The number of hydrogen-bond donors (Lipinski definition) is 1. The molecule has 1 aromatic carbocycles. The molecule has 228 valence electrons. The molecular weight excluding hydrogens is 528 g/mol. The standard InChI is InChI=1S/C34H54N2O4Si/c1-29(2,3)41(30(4,5)6)38-27-28(39-41)33(10)21-34(37,20-32(27,9)40-33)24-13-14-26(35-22-36(11)12)25(19-24)23-15-17-31(7,8)18-16-23/h13-15,19,22,27-28,37H,16-18,20-21H2,1-12H3. The molecule has 1 aromatic rings. The van der Waals surface area contributed by atoms with Gasteiger partial charge in [-0.05, 0) is 61.8 Å². The van der Waals surface area contributed by atoms with Crippen LogP contribution >= 0.6 is 0 Å². The highest BCUT2D eigenvalue weighted by Gasteiger charge is 2.76. The number of ether oxygens (including phenoxy) is 1. The summed E-state index contributed by atoms with van der Waals surface area (Å²) in [7, 11) is 1.30. The third-order valence-electron chi connectivity index (χ3n) is 10.1. The Balaban J connectivity index is 1.54. The predicted octanol–water partition coefficient (Wildman–Crippen LogP) is 7.86. The summed E-state index contributed by atoms with van der Waals surface area (Å²) in [4.78, 5) is 6.78. The molecule has 1 aliphatic carbocycles. The van der Waals surface area contributed by atoms with Gasteiger partial charge in [0.05, 0.1) is 28.8 Å². The van der Waals surface area contributed by atoms with Gasteiger partial charge >= 0.3 is 8.56 Å². The maximum absolute atomic E-state index is 12.5. The van der Waals surface area contributed by atoms with E-state index in [1.165, 1.54) is 5.57 Å². The second-order valence-corrected chi connectivity index (χ2v) is 21.5. The maximum Gasteiger partial charge on any atom is 0.350 e. The lowest BCUT2D eigenvalue weighted by Crippen LogP contribution is -2.59. The molecule has 3 fully saturated rings. The average molecular weight is 583 g/mol. The first-order valence-electron chi connectivity index (χ1n) is 15.5. The molecule has 5 rings (SSSR count). The molecular formula is C34H54N2O4Si. The van der Waals surface area contributed by atoms with Crippen molar-refractivity contribution in [2.45, 2.75) is 140 Å². The van der Waals surface area contributed by atoms with Crippen molar-refractivity contribution in [2.75, 3.05) is 14.1 Å². The van der Waals surface area contributed by atoms with Crippen LogP contribution in [0.25, 0.3) is 5.57 Å². The largest absolute Gasteiger partial charge is 0.385 e. The molecule has 41 heavy (non-hydrogen) atoms. The summed E-state index contributed by atoms with van der Waals surface area (Å²) in [5, 5.41) is 12.3. The fourth-order valence-corrected chi connectivity index (χ4v) is 13.5. The zero-order chi connectivity index (χ0) is 30.4. The van der Waals surface area contributed by atoms with Gasteiger partial charge in [0.25, 0.3) is 0 Å². The third-order valence-corrected chi connectivity index (χ3v) is 15.2. The van der Waals surface area contributed by atoms with Crippen molar-refractivity contribution < 1.29 is 18.7 Å². The van der Waals surface area contributed by atoms with Gasteiger partial charge in [0, 0.05) is 42.6 Å². The summed E-state index contributed by atoms with van der Waals surface area (Å²) >= 11 is 0. The van der Waals surface area contributed by atoms with Crippen LogP contribution in [-0.4, -0.2) is 62.4 Å². The predicted molar refractivity (Wildman–Crippen MR) is 170 cm³/mol. The molecule has 1 N–H and O–H groups in total. The molecule has 7 heteroatoms. The van der Waals surface area contributed by atoms with Gasteiger partial charge in [-0.25, -0.2) is 4.99 Å². The first kappa shape index (κ1) is 30.9. The van der Waals surface area contributed by atoms with E-state index in [9.17, 15) is 5.11 Å². The number of fused-ring (bicyclic) bond motifs is 5. The Morgan fingerprint density at radius 3 is 1.98 bits per heavy atom. The Morgan fingerprint density at radius 2 is 1.51 bits per heavy atom. The van der Waals surface area contributed by atoms with E-state index < -0.39 is 25.4 Å². The number of hydrogen-bond acceptors (Lipinski definition) is 5. The number of aliphatic hydroxyl groups is 1. The van der Waals surface area contributed by atoms with Gasteiger partial charge in [0.15, 0.2) is 0 Å². The van der Waals surface area contributed by atoms with Crippen LogP contribution in [-0.2, 0) is 19.2 Å². The van der Waals surface area contributed by atoms with Gasteiger partial charge in [-0.2, -0.15) is 0 Å². The summed E-state index contributed by atoms with van der Waals surface area (Å²) < 4.78 is 21.2. The molecule has 2 bridgehead atoms. The van der Waals surface area contributed by atoms with E-state index >= 15 is 0 Å². The van der Waals surface area contributed by atoms with E-state index in [0.29, 0.717) is 18.3 Å². The van der Waals surface area contributed by atoms with E-state index in [2.05, 4.69) is 93.5 Å². The van der Waals surface area contributed by atoms with E-state index in [0.717, 1.165) is 36.1 Å². The van der Waals surface area contributed by atoms with Gasteiger partial charge in [0.2, 0.25) is 0 Å². The number of aliphatic imine (C=N–C) groups is 1. The Morgan fingerprint density at radius 1 is 0.951 bits per heavy atom. The fourth-order valence-electron chi connectivity index (χ4n) is 8.28. The average Bonchev–Trinajstić information content (AvgIpc) is 3.32.